The summed E-state index contributed by atoms with van der Waals surface area (Å²) in [5.41, 5.74) is 3.06. The van der Waals surface area contributed by atoms with Gasteiger partial charge in [-0.1, -0.05) is 30.3 Å². The molecule has 0 N–H and O–H groups in total. The molecule has 2 saturated heterocycles. The third kappa shape index (κ3) is 4.13. The molecular formula is C25H31N5O2. The number of hydrogen-bond donors (Lipinski definition) is 0. The second-order valence-electron chi connectivity index (χ2n) is 9.16. The third-order valence-corrected chi connectivity index (χ3v) is 6.97. The van der Waals surface area contributed by atoms with Gasteiger partial charge in [0, 0.05) is 24.2 Å². The van der Waals surface area contributed by atoms with E-state index in [1.54, 1.807) is 4.90 Å². The SMILES string of the molecule is Cc1nc([C@H]2CCCN2C(=O)CN2CCCC2)nc2c1CCC(=O)N2Cc1ccccc1. The van der Waals surface area contributed by atoms with Crippen molar-refractivity contribution in [3.05, 3.63) is 53.0 Å². The van der Waals surface area contributed by atoms with Gasteiger partial charge in [0.1, 0.15) is 5.82 Å². The summed E-state index contributed by atoms with van der Waals surface area (Å²) in [6.07, 6.45) is 5.34. The van der Waals surface area contributed by atoms with Crippen LogP contribution >= 0.6 is 0 Å². The number of nitrogens with zero attached hydrogens (tertiary/aromatic N) is 5. The number of carbonyl (C=O) groups is 2. The number of benzene rings is 1. The van der Waals surface area contributed by atoms with E-state index in [4.69, 9.17) is 9.97 Å². The highest BCUT2D eigenvalue weighted by atomic mass is 16.2. The summed E-state index contributed by atoms with van der Waals surface area (Å²) in [7, 11) is 0. The van der Waals surface area contributed by atoms with E-state index in [9.17, 15) is 9.59 Å². The highest BCUT2D eigenvalue weighted by molar-refractivity contribution is 5.95. The smallest absolute Gasteiger partial charge is 0.237 e. The molecule has 2 amide bonds. The van der Waals surface area contributed by atoms with Crippen LogP contribution in [0.25, 0.3) is 0 Å². The average molecular weight is 434 g/mol. The quantitative estimate of drug-likeness (QED) is 0.725. The second-order valence-corrected chi connectivity index (χ2v) is 9.16. The molecule has 2 aromatic rings. The summed E-state index contributed by atoms with van der Waals surface area (Å²) in [6, 6.07) is 9.92. The molecule has 0 unspecified atom stereocenters. The fourth-order valence-corrected chi connectivity index (χ4v) is 5.24. The Hall–Kier alpha value is -2.80. The molecule has 7 nitrogen and oxygen atoms in total. The first-order valence-electron chi connectivity index (χ1n) is 11.8. The molecule has 1 atom stereocenters. The van der Waals surface area contributed by atoms with Gasteiger partial charge in [0.25, 0.3) is 0 Å². The van der Waals surface area contributed by atoms with E-state index in [0.29, 0.717) is 31.8 Å². The van der Waals surface area contributed by atoms with Crippen molar-refractivity contribution in [3.8, 4) is 0 Å². The maximum absolute atomic E-state index is 13.1. The van der Waals surface area contributed by atoms with Gasteiger partial charge in [0.15, 0.2) is 5.82 Å². The van der Waals surface area contributed by atoms with Gasteiger partial charge < -0.3 is 4.90 Å². The Bertz CT molecular complexity index is 1000. The largest absolute Gasteiger partial charge is 0.331 e. The van der Waals surface area contributed by atoms with Crippen LogP contribution in [0.3, 0.4) is 0 Å². The lowest BCUT2D eigenvalue weighted by atomic mass is 10.0. The highest BCUT2D eigenvalue weighted by Gasteiger charge is 2.35. The number of hydrogen-bond acceptors (Lipinski definition) is 5. The molecule has 2 fully saturated rings. The van der Waals surface area contributed by atoms with Gasteiger partial charge in [-0.2, -0.15) is 0 Å². The molecular weight excluding hydrogens is 402 g/mol. The number of carbonyl (C=O) groups excluding carboxylic acids is 2. The lowest BCUT2D eigenvalue weighted by molar-refractivity contribution is -0.133. The number of rotatable bonds is 5. The van der Waals surface area contributed by atoms with Gasteiger partial charge in [-0.05, 0) is 57.7 Å². The predicted octanol–water partition coefficient (Wildman–Crippen LogP) is 3.02. The minimum Gasteiger partial charge on any atom is -0.331 e. The second kappa shape index (κ2) is 8.98. The van der Waals surface area contributed by atoms with E-state index in [0.717, 1.165) is 55.1 Å². The van der Waals surface area contributed by atoms with Crippen molar-refractivity contribution in [1.82, 2.24) is 19.8 Å². The van der Waals surface area contributed by atoms with E-state index < -0.39 is 0 Å². The summed E-state index contributed by atoms with van der Waals surface area (Å²) in [6.45, 7) is 5.77. The van der Waals surface area contributed by atoms with Crippen molar-refractivity contribution in [2.24, 2.45) is 0 Å². The number of aromatic nitrogens is 2. The zero-order chi connectivity index (χ0) is 22.1. The van der Waals surface area contributed by atoms with E-state index in [2.05, 4.69) is 4.90 Å². The van der Waals surface area contributed by atoms with Gasteiger partial charge in [0.05, 0.1) is 19.1 Å². The normalized spacial score (nSPS) is 21.3. The van der Waals surface area contributed by atoms with Crippen LogP contribution in [0.15, 0.2) is 30.3 Å². The lowest BCUT2D eigenvalue weighted by Crippen LogP contribution is -2.40. The zero-order valence-electron chi connectivity index (χ0n) is 18.8. The molecule has 0 spiro atoms. The van der Waals surface area contributed by atoms with Crippen molar-refractivity contribution in [3.63, 3.8) is 0 Å². The minimum absolute atomic E-state index is 0.0961. The Morgan fingerprint density at radius 3 is 2.59 bits per heavy atom. The number of likely N-dealkylation sites (tertiary alicyclic amines) is 2. The molecule has 7 heteroatoms. The summed E-state index contributed by atoms with van der Waals surface area (Å²) in [5, 5.41) is 0. The Kier molecular flexibility index (Phi) is 5.91. The molecule has 1 aromatic carbocycles. The minimum atomic E-state index is -0.107. The van der Waals surface area contributed by atoms with E-state index in [1.807, 2.05) is 42.2 Å². The molecule has 168 valence electrons. The molecule has 3 aliphatic rings. The van der Waals surface area contributed by atoms with Crippen molar-refractivity contribution in [1.29, 1.82) is 0 Å². The molecule has 4 heterocycles. The molecule has 0 radical (unpaired) electrons. The predicted molar refractivity (Wildman–Crippen MR) is 122 cm³/mol. The third-order valence-electron chi connectivity index (χ3n) is 6.97. The molecule has 1 aromatic heterocycles. The summed E-state index contributed by atoms with van der Waals surface area (Å²) < 4.78 is 0. The molecule has 0 saturated carbocycles. The first-order valence-corrected chi connectivity index (χ1v) is 11.8. The summed E-state index contributed by atoms with van der Waals surface area (Å²) in [4.78, 5) is 41.7. The van der Waals surface area contributed by atoms with Crippen molar-refractivity contribution in [2.75, 3.05) is 31.1 Å². The number of fused-ring (bicyclic) bond motifs is 1. The van der Waals surface area contributed by atoms with Crippen LogP contribution in [0.5, 0.6) is 0 Å². The topological polar surface area (TPSA) is 69.6 Å². The van der Waals surface area contributed by atoms with Crippen LogP contribution in [0.1, 0.15) is 60.8 Å². The molecule has 0 aliphatic carbocycles. The van der Waals surface area contributed by atoms with E-state index >= 15 is 0 Å². The molecule has 0 bridgehead atoms. The number of amides is 2. The molecule has 3 aliphatic heterocycles. The van der Waals surface area contributed by atoms with Crippen LogP contribution in [-0.2, 0) is 22.6 Å². The molecule has 5 rings (SSSR count). The zero-order valence-corrected chi connectivity index (χ0v) is 18.8. The Morgan fingerprint density at radius 2 is 1.81 bits per heavy atom. The van der Waals surface area contributed by atoms with Crippen molar-refractivity contribution < 1.29 is 9.59 Å². The Balaban J connectivity index is 1.43. The highest BCUT2D eigenvalue weighted by Crippen LogP contribution is 2.35. The average Bonchev–Trinajstić information content (AvgIpc) is 3.48. The number of anilines is 1. The van der Waals surface area contributed by atoms with Crippen molar-refractivity contribution >= 4 is 17.6 Å². The van der Waals surface area contributed by atoms with Crippen LogP contribution in [0, 0.1) is 6.92 Å². The Morgan fingerprint density at radius 1 is 1.03 bits per heavy atom. The summed E-state index contributed by atoms with van der Waals surface area (Å²) in [5.74, 6) is 1.68. The number of aryl methyl sites for hydroxylation is 1. The fourth-order valence-electron chi connectivity index (χ4n) is 5.24. The van der Waals surface area contributed by atoms with Crippen LogP contribution in [0.2, 0.25) is 0 Å². The standard InChI is InChI=1S/C25H31N5O2/c1-18-20-11-12-22(31)30(16-19-8-3-2-4-9-19)25(20)27-24(26-18)21-10-7-15-29(21)23(32)17-28-13-5-6-14-28/h2-4,8-9,21H,5-7,10-17H2,1H3/t21-/m1/s1. The van der Waals surface area contributed by atoms with Crippen LogP contribution < -0.4 is 4.90 Å². The van der Waals surface area contributed by atoms with Crippen LogP contribution in [0.4, 0.5) is 5.82 Å². The maximum Gasteiger partial charge on any atom is 0.237 e. The maximum atomic E-state index is 13.1. The lowest BCUT2D eigenvalue weighted by Gasteiger charge is -2.31. The monoisotopic (exact) mass is 433 g/mol. The van der Waals surface area contributed by atoms with E-state index in [-0.39, 0.29) is 17.9 Å². The fraction of sp³-hybridized carbons (Fsp3) is 0.520. The summed E-state index contributed by atoms with van der Waals surface area (Å²) >= 11 is 0. The molecule has 32 heavy (non-hydrogen) atoms. The van der Waals surface area contributed by atoms with Gasteiger partial charge in [-0.25, -0.2) is 9.97 Å². The Labute approximate surface area is 189 Å². The first kappa shape index (κ1) is 21.1. The van der Waals surface area contributed by atoms with Gasteiger partial charge in [-0.15, -0.1) is 0 Å². The van der Waals surface area contributed by atoms with Gasteiger partial charge in [0.2, 0.25) is 11.8 Å². The van der Waals surface area contributed by atoms with Gasteiger partial charge in [-0.3, -0.25) is 19.4 Å². The van der Waals surface area contributed by atoms with Gasteiger partial charge >= 0.3 is 0 Å². The van der Waals surface area contributed by atoms with Crippen LogP contribution in [-0.4, -0.2) is 57.8 Å². The van der Waals surface area contributed by atoms with E-state index in [1.165, 1.54) is 12.8 Å². The first-order chi connectivity index (χ1) is 15.6. The van der Waals surface area contributed by atoms with Crippen molar-refractivity contribution in [2.45, 2.75) is 58.0 Å².